The molecule has 0 saturated carbocycles. The van der Waals surface area contributed by atoms with Crippen LogP contribution in [0.2, 0.25) is 0 Å². The fraction of sp³-hybridized carbons (Fsp3) is 0.467. The van der Waals surface area contributed by atoms with Crippen LogP contribution < -0.4 is 10.5 Å². The van der Waals surface area contributed by atoms with Crippen LogP contribution >= 0.6 is 0 Å². The molecular formula is C15H20N2O4. The largest absolute Gasteiger partial charge is 0.495 e. The predicted octanol–water partition coefficient (Wildman–Crippen LogP) is 1.30. The molecule has 1 aromatic carbocycles. The van der Waals surface area contributed by atoms with Gasteiger partial charge in [0.2, 0.25) is 0 Å². The molecule has 2 rings (SSSR count). The highest BCUT2D eigenvalue weighted by molar-refractivity contribution is 5.95. The summed E-state index contributed by atoms with van der Waals surface area (Å²) in [5.74, 6) is 0.166. The predicted molar refractivity (Wildman–Crippen MR) is 78.0 cm³/mol. The lowest BCUT2D eigenvalue weighted by atomic mass is 9.96. The van der Waals surface area contributed by atoms with Gasteiger partial charge in [-0.15, -0.1) is 0 Å². The van der Waals surface area contributed by atoms with Crippen molar-refractivity contribution in [1.29, 1.82) is 0 Å². The third kappa shape index (κ3) is 3.26. The van der Waals surface area contributed by atoms with Crippen LogP contribution in [-0.4, -0.2) is 44.1 Å². The van der Waals surface area contributed by atoms with Gasteiger partial charge < -0.3 is 20.1 Å². The molecule has 0 aliphatic carbocycles. The van der Waals surface area contributed by atoms with Crippen molar-refractivity contribution in [3.05, 3.63) is 23.8 Å². The highest BCUT2D eigenvalue weighted by Crippen LogP contribution is 2.24. The zero-order chi connectivity index (χ0) is 15.4. The van der Waals surface area contributed by atoms with Gasteiger partial charge in [-0.05, 0) is 31.0 Å². The molecule has 0 aromatic heterocycles. The second-order valence-electron chi connectivity index (χ2n) is 5.05. The number of rotatable bonds is 3. The number of likely N-dealkylation sites (tertiary alicyclic amines) is 1. The van der Waals surface area contributed by atoms with Crippen molar-refractivity contribution < 1.29 is 19.1 Å². The van der Waals surface area contributed by atoms with Crippen LogP contribution in [0.3, 0.4) is 0 Å². The number of esters is 1. The van der Waals surface area contributed by atoms with Gasteiger partial charge >= 0.3 is 5.97 Å². The maximum atomic E-state index is 12.4. The maximum Gasteiger partial charge on any atom is 0.308 e. The maximum absolute atomic E-state index is 12.4. The molecule has 0 unspecified atom stereocenters. The van der Waals surface area contributed by atoms with Crippen LogP contribution in [0.4, 0.5) is 5.69 Å². The zero-order valence-corrected chi connectivity index (χ0v) is 12.3. The van der Waals surface area contributed by atoms with Gasteiger partial charge in [0.15, 0.2) is 0 Å². The van der Waals surface area contributed by atoms with Crippen molar-refractivity contribution in [3.63, 3.8) is 0 Å². The lowest BCUT2D eigenvalue weighted by Crippen LogP contribution is -2.40. The molecule has 1 aromatic rings. The Morgan fingerprint density at radius 2 is 1.90 bits per heavy atom. The van der Waals surface area contributed by atoms with Crippen LogP contribution in [-0.2, 0) is 9.53 Å². The van der Waals surface area contributed by atoms with Gasteiger partial charge in [-0.1, -0.05) is 0 Å². The summed E-state index contributed by atoms with van der Waals surface area (Å²) in [6.45, 7) is 1.09. The standard InChI is InChI=1S/C15H20N2O4/c1-20-13-4-3-11(9-12(13)16)14(18)17-7-5-10(6-8-17)15(19)21-2/h3-4,9-10H,5-8,16H2,1-2H3. The number of hydrogen-bond donors (Lipinski definition) is 1. The molecule has 0 bridgehead atoms. The first-order valence-corrected chi connectivity index (χ1v) is 6.87. The summed E-state index contributed by atoms with van der Waals surface area (Å²) >= 11 is 0. The molecule has 1 amide bonds. The van der Waals surface area contributed by atoms with Gasteiger partial charge in [-0.25, -0.2) is 0 Å². The molecule has 1 aliphatic heterocycles. The monoisotopic (exact) mass is 292 g/mol. The minimum atomic E-state index is -0.198. The van der Waals surface area contributed by atoms with Gasteiger partial charge in [0.25, 0.3) is 5.91 Å². The third-order valence-corrected chi connectivity index (χ3v) is 3.79. The third-order valence-electron chi connectivity index (χ3n) is 3.79. The summed E-state index contributed by atoms with van der Waals surface area (Å²) < 4.78 is 9.82. The summed E-state index contributed by atoms with van der Waals surface area (Å²) in [6, 6.07) is 5.00. The van der Waals surface area contributed by atoms with Crippen LogP contribution in [0.5, 0.6) is 5.75 Å². The fourth-order valence-corrected chi connectivity index (χ4v) is 2.53. The number of ether oxygens (including phenoxy) is 2. The van der Waals surface area contributed by atoms with E-state index < -0.39 is 0 Å². The molecule has 114 valence electrons. The SMILES string of the molecule is COC(=O)C1CCN(C(=O)c2ccc(OC)c(N)c2)CC1. The number of nitrogen functional groups attached to an aromatic ring is 1. The summed E-state index contributed by atoms with van der Waals surface area (Å²) in [5.41, 5.74) is 6.79. The molecule has 1 aliphatic rings. The second kappa shape index (κ2) is 6.47. The Bertz CT molecular complexity index is 536. The Morgan fingerprint density at radius 3 is 2.43 bits per heavy atom. The highest BCUT2D eigenvalue weighted by atomic mass is 16.5. The van der Waals surface area contributed by atoms with E-state index in [2.05, 4.69) is 0 Å². The Kier molecular flexibility index (Phi) is 4.67. The lowest BCUT2D eigenvalue weighted by Gasteiger charge is -2.30. The second-order valence-corrected chi connectivity index (χ2v) is 5.05. The van der Waals surface area contributed by atoms with Crippen LogP contribution in [0.25, 0.3) is 0 Å². The molecule has 1 fully saturated rings. The van der Waals surface area contributed by atoms with Gasteiger partial charge in [0, 0.05) is 18.7 Å². The van der Waals surface area contributed by atoms with E-state index in [4.69, 9.17) is 15.2 Å². The number of nitrogens with two attached hydrogens (primary N) is 1. The minimum absolute atomic E-state index is 0.0762. The number of nitrogens with zero attached hydrogens (tertiary/aromatic N) is 1. The molecule has 0 radical (unpaired) electrons. The summed E-state index contributed by atoms with van der Waals surface area (Å²) in [4.78, 5) is 25.6. The van der Waals surface area contributed by atoms with Crippen molar-refractivity contribution in [2.24, 2.45) is 5.92 Å². The quantitative estimate of drug-likeness (QED) is 0.671. The summed E-state index contributed by atoms with van der Waals surface area (Å²) in [5, 5.41) is 0. The smallest absolute Gasteiger partial charge is 0.308 e. The lowest BCUT2D eigenvalue weighted by molar-refractivity contribution is -0.146. The fourth-order valence-electron chi connectivity index (χ4n) is 2.53. The number of anilines is 1. The first kappa shape index (κ1) is 15.2. The molecule has 0 spiro atoms. The van der Waals surface area contributed by atoms with Crippen molar-refractivity contribution >= 4 is 17.6 Å². The van der Waals surface area contributed by atoms with E-state index in [1.807, 2.05) is 0 Å². The van der Waals surface area contributed by atoms with E-state index in [-0.39, 0.29) is 17.8 Å². The number of carbonyl (C=O) groups excluding carboxylic acids is 2. The Balaban J connectivity index is 2.02. The average Bonchev–Trinajstić information content (AvgIpc) is 2.53. The van der Waals surface area contributed by atoms with E-state index in [1.54, 1.807) is 23.1 Å². The van der Waals surface area contributed by atoms with Crippen molar-refractivity contribution in [1.82, 2.24) is 4.90 Å². The van der Waals surface area contributed by atoms with Crippen molar-refractivity contribution in [3.8, 4) is 5.75 Å². The first-order valence-electron chi connectivity index (χ1n) is 6.87. The molecule has 6 nitrogen and oxygen atoms in total. The van der Waals surface area contributed by atoms with E-state index in [0.717, 1.165) is 0 Å². The topological polar surface area (TPSA) is 81.9 Å². The highest BCUT2D eigenvalue weighted by Gasteiger charge is 2.28. The summed E-state index contributed by atoms with van der Waals surface area (Å²) in [6.07, 6.45) is 1.26. The van der Waals surface area contributed by atoms with Crippen LogP contribution in [0.1, 0.15) is 23.2 Å². The number of amides is 1. The minimum Gasteiger partial charge on any atom is -0.495 e. The number of benzene rings is 1. The van der Waals surface area contributed by atoms with E-state index >= 15 is 0 Å². The Labute approximate surface area is 123 Å². The van der Waals surface area contributed by atoms with Crippen LogP contribution in [0, 0.1) is 5.92 Å². The van der Waals surface area contributed by atoms with Gasteiger partial charge in [-0.3, -0.25) is 9.59 Å². The van der Waals surface area contributed by atoms with Gasteiger partial charge in [0.1, 0.15) is 5.75 Å². The number of hydrogen-bond acceptors (Lipinski definition) is 5. The van der Waals surface area contributed by atoms with E-state index in [0.29, 0.717) is 42.9 Å². The van der Waals surface area contributed by atoms with Crippen molar-refractivity contribution in [2.75, 3.05) is 33.0 Å². The molecule has 2 N–H and O–H groups in total. The van der Waals surface area contributed by atoms with Crippen LogP contribution in [0.15, 0.2) is 18.2 Å². The number of methoxy groups -OCH3 is 2. The van der Waals surface area contributed by atoms with E-state index in [9.17, 15) is 9.59 Å². The molecule has 6 heteroatoms. The first-order chi connectivity index (χ1) is 10.1. The van der Waals surface area contributed by atoms with E-state index in [1.165, 1.54) is 14.2 Å². The van der Waals surface area contributed by atoms with Crippen molar-refractivity contribution in [2.45, 2.75) is 12.8 Å². The number of carbonyl (C=O) groups is 2. The zero-order valence-electron chi connectivity index (χ0n) is 12.3. The molecule has 0 atom stereocenters. The molecule has 1 heterocycles. The van der Waals surface area contributed by atoms with Gasteiger partial charge in [0.05, 0.1) is 25.8 Å². The Hall–Kier alpha value is -2.24. The average molecular weight is 292 g/mol. The normalized spacial score (nSPS) is 15.6. The Morgan fingerprint density at radius 1 is 1.24 bits per heavy atom. The van der Waals surface area contributed by atoms with Gasteiger partial charge in [-0.2, -0.15) is 0 Å². The molecule has 1 saturated heterocycles. The summed E-state index contributed by atoms with van der Waals surface area (Å²) in [7, 11) is 2.92. The molecular weight excluding hydrogens is 272 g/mol. The molecule has 21 heavy (non-hydrogen) atoms. The number of piperidine rings is 1.